The minimum absolute atomic E-state index is 0.197. The Morgan fingerprint density at radius 3 is 2.25 bits per heavy atom. The van der Waals surface area contributed by atoms with E-state index in [4.69, 9.17) is 9.47 Å². The normalized spacial score (nSPS) is 13.7. The molecule has 1 aliphatic rings. The molecule has 2 aromatic rings. The van der Waals surface area contributed by atoms with Gasteiger partial charge in [-0.3, -0.25) is 4.79 Å². The van der Waals surface area contributed by atoms with E-state index in [-0.39, 0.29) is 5.91 Å². The van der Waals surface area contributed by atoms with Crippen LogP contribution in [0.3, 0.4) is 0 Å². The molecule has 0 spiro atoms. The standard InChI is InChI=1S/C26H37N3O3/c1-27(13-8-15-28(2)23-10-6-5-7-11-23)14-9-16-29-17-12-21-18-24(31-3)25(32-4)19-22(21)20-26(29)30/h5-7,10-11,18-19H,8-9,12-17,20H2,1-4H3. The molecule has 0 unspecified atom stereocenters. The summed E-state index contributed by atoms with van der Waals surface area (Å²) in [5.41, 5.74) is 3.49. The summed E-state index contributed by atoms with van der Waals surface area (Å²) in [4.78, 5) is 19.5. The van der Waals surface area contributed by atoms with Crippen molar-refractivity contribution >= 4 is 11.6 Å². The number of carbonyl (C=O) groups excluding carboxylic acids is 1. The van der Waals surface area contributed by atoms with Gasteiger partial charge in [-0.15, -0.1) is 0 Å². The van der Waals surface area contributed by atoms with Gasteiger partial charge < -0.3 is 24.2 Å². The summed E-state index contributed by atoms with van der Waals surface area (Å²) in [5.74, 6) is 1.61. The number of carbonyl (C=O) groups is 1. The summed E-state index contributed by atoms with van der Waals surface area (Å²) in [6.07, 6.45) is 3.38. The predicted molar refractivity (Wildman–Crippen MR) is 130 cm³/mol. The van der Waals surface area contributed by atoms with Crippen LogP contribution >= 0.6 is 0 Å². The van der Waals surface area contributed by atoms with E-state index in [9.17, 15) is 4.79 Å². The van der Waals surface area contributed by atoms with Crippen molar-refractivity contribution in [1.29, 1.82) is 0 Å². The molecule has 1 amide bonds. The number of hydrogen-bond donors (Lipinski definition) is 0. The average Bonchev–Trinajstić information content (AvgIpc) is 2.96. The second-order valence-electron chi connectivity index (χ2n) is 8.55. The number of rotatable bonds is 11. The number of amides is 1. The van der Waals surface area contributed by atoms with Crippen molar-refractivity contribution in [1.82, 2.24) is 9.80 Å². The van der Waals surface area contributed by atoms with Crippen molar-refractivity contribution in [3.05, 3.63) is 53.6 Å². The Balaban J connectivity index is 1.41. The summed E-state index contributed by atoms with van der Waals surface area (Å²) in [6, 6.07) is 14.5. The molecule has 6 nitrogen and oxygen atoms in total. The van der Waals surface area contributed by atoms with Gasteiger partial charge in [0.05, 0.1) is 20.6 Å². The monoisotopic (exact) mass is 439 g/mol. The molecule has 0 atom stereocenters. The maximum absolute atomic E-state index is 12.8. The second kappa shape index (κ2) is 11.8. The van der Waals surface area contributed by atoms with E-state index in [2.05, 4.69) is 48.2 Å². The van der Waals surface area contributed by atoms with Gasteiger partial charge in [0.2, 0.25) is 5.91 Å². The molecule has 0 saturated carbocycles. The van der Waals surface area contributed by atoms with E-state index >= 15 is 0 Å². The fourth-order valence-corrected chi connectivity index (χ4v) is 4.28. The van der Waals surface area contributed by atoms with Crippen LogP contribution in [-0.2, 0) is 17.6 Å². The molecule has 0 N–H and O–H groups in total. The Labute approximate surface area is 192 Å². The zero-order chi connectivity index (χ0) is 22.9. The van der Waals surface area contributed by atoms with Crippen LogP contribution in [0.15, 0.2) is 42.5 Å². The molecule has 3 rings (SSSR count). The first-order valence-corrected chi connectivity index (χ1v) is 11.5. The number of ether oxygens (including phenoxy) is 2. The summed E-state index contributed by atoms with van der Waals surface area (Å²) in [7, 11) is 7.59. The van der Waals surface area contributed by atoms with E-state index < -0.39 is 0 Å². The van der Waals surface area contributed by atoms with Gasteiger partial charge in [0.1, 0.15) is 0 Å². The lowest BCUT2D eigenvalue weighted by molar-refractivity contribution is -0.130. The van der Waals surface area contributed by atoms with Crippen molar-refractivity contribution < 1.29 is 14.3 Å². The fraction of sp³-hybridized carbons (Fsp3) is 0.500. The quantitative estimate of drug-likeness (QED) is 0.536. The zero-order valence-corrected chi connectivity index (χ0v) is 20.0. The first kappa shape index (κ1) is 23.9. The molecule has 32 heavy (non-hydrogen) atoms. The Morgan fingerprint density at radius 2 is 1.56 bits per heavy atom. The Morgan fingerprint density at radius 1 is 0.906 bits per heavy atom. The van der Waals surface area contributed by atoms with Crippen molar-refractivity contribution in [2.24, 2.45) is 0 Å². The Hall–Kier alpha value is -2.73. The molecule has 0 aliphatic carbocycles. The molecular weight excluding hydrogens is 402 g/mol. The molecule has 1 aliphatic heterocycles. The van der Waals surface area contributed by atoms with Gasteiger partial charge in [-0.2, -0.15) is 0 Å². The van der Waals surface area contributed by atoms with E-state index in [0.717, 1.165) is 63.3 Å². The number of fused-ring (bicyclic) bond motifs is 1. The van der Waals surface area contributed by atoms with Crippen LogP contribution in [-0.4, -0.2) is 76.7 Å². The summed E-state index contributed by atoms with van der Waals surface area (Å²) in [5, 5.41) is 0. The van der Waals surface area contributed by atoms with Crippen LogP contribution in [0.25, 0.3) is 0 Å². The average molecular weight is 440 g/mol. The number of hydrogen-bond acceptors (Lipinski definition) is 5. The number of methoxy groups -OCH3 is 2. The Kier molecular flexibility index (Phi) is 8.80. The highest BCUT2D eigenvalue weighted by Gasteiger charge is 2.22. The van der Waals surface area contributed by atoms with Crippen molar-refractivity contribution in [2.75, 3.05) is 65.9 Å². The maximum Gasteiger partial charge on any atom is 0.227 e. The molecular formula is C26H37N3O3. The number of benzene rings is 2. The smallest absolute Gasteiger partial charge is 0.227 e. The SMILES string of the molecule is COc1cc2c(cc1OC)CC(=O)N(CCCN(C)CCCN(C)c1ccccc1)CC2. The highest BCUT2D eigenvalue weighted by Crippen LogP contribution is 2.32. The van der Waals surface area contributed by atoms with Crippen LogP contribution in [0.5, 0.6) is 11.5 Å². The minimum Gasteiger partial charge on any atom is -0.493 e. The van der Waals surface area contributed by atoms with Gasteiger partial charge in [-0.25, -0.2) is 0 Å². The van der Waals surface area contributed by atoms with Crippen LogP contribution in [0, 0.1) is 0 Å². The van der Waals surface area contributed by atoms with E-state index in [1.165, 1.54) is 11.3 Å². The predicted octanol–water partition coefficient (Wildman–Crippen LogP) is 3.48. The lowest BCUT2D eigenvalue weighted by Gasteiger charge is -2.24. The number of para-hydroxylation sites is 1. The van der Waals surface area contributed by atoms with E-state index in [1.807, 2.05) is 23.1 Å². The lowest BCUT2D eigenvalue weighted by Crippen LogP contribution is -2.35. The molecule has 0 aromatic heterocycles. The topological polar surface area (TPSA) is 45.3 Å². The van der Waals surface area contributed by atoms with Gasteiger partial charge in [0, 0.05) is 32.4 Å². The largest absolute Gasteiger partial charge is 0.493 e. The summed E-state index contributed by atoms with van der Waals surface area (Å²) < 4.78 is 10.8. The third kappa shape index (κ3) is 6.39. The molecule has 2 aromatic carbocycles. The molecule has 0 radical (unpaired) electrons. The molecule has 0 saturated heterocycles. The van der Waals surface area contributed by atoms with Crippen molar-refractivity contribution in [3.8, 4) is 11.5 Å². The van der Waals surface area contributed by atoms with Crippen LogP contribution in [0.4, 0.5) is 5.69 Å². The fourth-order valence-electron chi connectivity index (χ4n) is 4.28. The van der Waals surface area contributed by atoms with Crippen molar-refractivity contribution in [2.45, 2.75) is 25.7 Å². The van der Waals surface area contributed by atoms with Crippen LogP contribution < -0.4 is 14.4 Å². The van der Waals surface area contributed by atoms with Crippen LogP contribution in [0.1, 0.15) is 24.0 Å². The van der Waals surface area contributed by atoms with Gasteiger partial charge in [-0.05, 0) is 74.8 Å². The molecule has 1 heterocycles. The number of anilines is 1. The first-order valence-electron chi connectivity index (χ1n) is 11.5. The lowest BCUT2D eigenvalue weighted by atomic mass is 10.0. The minimum atomic E-state index is 0.197. The Bertz CT molecular complexity index is 872. The van der Waals surface area contributed by atoms with Crippen molar-refractivity contribution in [3.63, 3.8) is 0 Å². The van der Waals surface area contributed by atoms with Gasteiger partial charge in [-0.1, -0.05) is 18.2 Å². The van der Waals surface area contributed by atoms with E-state index in [1.54, 1.807) is 14.2 Å². The maximum atomic E-state index is 12.8. The molecule has 0 fully saturated rings. The van der Waals surface area contributed by atoms with Gasteiger partial charge in [0.15, 0.2) is 11.5 Å². The van der Waals surface area contributed by atoms with Gasteiger partial charge >= 0.3 is 0 Å². The van der Waals surface area contributed by atoms with Crippen LogP contribution in [0.2, 0.25) is 0 Å². The zero-order valence-electron chi connectivity index (χ0n) is 20.0. The molecule has 6 heteroatoms. The second-order valence-corrected chi connectivity index (χ2v) is 8.55. The highest BCUT2D eigenvalue weighted by molar-refractivity contribution is 5.80. The molecule has 174 valence electrons. The third-order valence-corrected chi connectivity index (χ3v) is 6.25. The van der Waals surface area contributed by atoms with E-state index in [0.29, 0.717) is 12.2 Å². The highest BCUT2D eigenvalue weighted by atomic mass is 16.5. The third-order valence-electron chi connectivity index (χ3n) is 6.25. The first-order chi connectivity index (χ1) is 15.5. The summed E-state index contributed by atoms with van der Waals surface area (Å²) >= 11 is 0. The molecule has 0 bridgehead atoms. The summed E-state index contributed by atoms with van der Waals surface area (Å²) in [6.45, 7) is 4.63. The number of nitrogens with zero attached hydrogens (tertiary/aromatic N) is 3. The van der Waals surface area contributed by atoms with Gasteiger partial charge in [0.25, 0.3) is 0 Å².